The van der Waals surface area contributed by atoms with E-state index in [4.69, 9.17) is 33.2 Å². The van der Waals surface area contributed by atoms with Crippen molar-refractivity contribution < 1.29 is 38.0 Å². The zero-order chi connectivity index (χ0) is 51.7. The van der Waals surface area contributed by atoms with Gasteiger partial charge in [-0.25, -0.2) is 4.79 Å². The molecule has 0 saturated carbocycles. The van der Waals surface area contributed by atoms with Crippen LogP contribution in [0.4, 0.5) is 0 Å². The van der Waals surface area contributed by atoms with Crippen LogP contribution in [0, 0.1) is 0 Å². The van der Waals surface area contributed by atoms with Gasteiger partial charge in [-0.05, 0) is 84.5 Å². The van der Waals surface area contributed by atoms with Gasteiger partial charge in [-0.2, -0.15) is 0 Å². The van der Waals surface area contributed by atoms with Gasteiger partial charge in [-0.3, -0.25) is 0 Å². The Morgan fingerprint density at radius 1 is 0.329 bits per heavy atom. The Labute approximate surface area is 444 Å². The van der Waals surface area contributed by atoms with Crippen molar-refractivity contribution in [3.63, 3.8) is 0 Å². The molecule has 0 amide bonds. The van der Waals surface area contributed by atoms with E-state index in [1.54, 1.807) is 12.1 Å². The monoisotopic (exact) mass is 1010 g/mol. The molecule has 8 nitrogen and oxygen atoms in total. The molecule has 0 aromatic heterocycles. The number of carbonyl (C=O) groups is 1. The second-order valence-electron chi connectivity index (χ2n) is 20.2. The number of benzene rings is 4. The molecule has 0 unspecified atom stereocenters. The molecular formula is C65H98O8. The van der Waals surface area contributed by atoms with E-state index >= 15 is 0 Å². The van der Waals surface area contributed by atoms with Crippen LogP contribution in [0.25, 0.3) is 0 Å². The molecular weight excluding hydrogens is 909 g/mol. The third kappa shape index (κ3) is 27.9. The van der Waals surface area contributed by atoms with Gasteiger partial charge >= 0.3 is 5.97 Å². The Bertz CT molecular complexity index is 1850. The smallest absolute Gasteiger partial charge is 0.338 e. The Balaban J connectivity index is 1.34. The maximum absolute atomic E-state index is 13.1. The number of unbranched alkanes of at least 4 members (excludes halogenated alkanes) is 27. The molecule has 0 N–H and O–H groups in total. The molecule has 73 heavy (non-hydrogen) atoms. The van der Waals surface area contributed by atoms with Crippen LogP contribution in [0.5, 0.6) is 34.5 Å². The van der Waals surface area contributed by atoms with Crippen molar-refractivity contribution in [2.75, 3.05) is 26.9 Å². The lowest BCUT2D eigenvalue weighted by atomic mass is 10.1. The Morgan fingerprint density at radius 3 is 0.863 bits per heavy atom. The van der Waals surface area contributed by atoms with Crippen LogP contribution >= 0.6 is 0 Å². The third-order valence-electron chi connectivity index (χ3n) is 13.7. The van der Waals surface area contributed by atoms with Gasteiger partial charge in [0.2, 0.25) is 5.75 Å². The molecule has 0 heterocycles. The number of rotatable bonds is 46. The van der Waals surface area contributed by atoms with Crippen LogP contribution in [-0.4, -0.2) is 32.9 Å². The average molecular weight is 1010 g/mol. The van der Waals surface area contributed by atoms with Crippen LogP contribution in [0.15, 0.2) is 84.9 Å². The third-order valence-corrected chi connectivity index (χ3v) is 13.7. The van der Waals surface area contributed by atoms with Gasteiger partial charge in [-0.1, -0.05) is 231 Å². The molecule has 4 rings (SSSR count). The summed E-state index contributed by atoms with van der Waals surface area (Å²) in [5, 5.41) is 0. The molecule has 0 bridgehead atoms. The van der Waals surface area contributed by atoms with E-state index in [9.17, 15) is 4.79 Å². The summed E-state index contributed by atoms with van der Waals surface area (Å²) in [5.41, 5.74) is 3.16. The number of esters is 1. The Morgan fingerprint density at radius 2 is 0.589 bits per heavy atom. The minimum atomic E-state index is -0.498. The highest BCUT2D eigenvalue weighted by atomic mass is 16.5. The van der Waals surface area contributed by atoms with E-state index in [0.29, 0.717) is 42.6 Å². The molecule has 4 aromatic carbocycles. The minimum Gasteiger partial charge on any atom is -0.494 e. The first kappa shape index (κ1) is 60.7. The fourth-order valence-electron chi connectivity index (χ4n) is 9.03. The van der Waals surface area contributed by atoms with Crippen LogP contribution < -0.4 is 28.4 Å². The Kier molecular flexibility index (Phi) is 33.7. The van der Waals surface area contributed by atoms with Gasteiger partial charge in [-0.15, -0.1) is 0 Å². The molecule has 0 aliphatic carbocycles. The average Bonchev–Trinajstić information content (AvgIpc) is 3.42. The van der Waals surface area contributed by atoms with E-state index in [-0.39, 0.29) is 19.8 Å². The maximum Gasteiger partial charge on any atom is 0.338 e. The van der Waals surface area contributed by atoms with E-state index < -0.39 is 5.97 Å². The zero-order valence-corrected chi connectivity index (χ0v) is 46.3. The van der Waals surface area contributed by atoms with Crippen LogP contribution in [0.2, 0.25) is 0 Å². The fourth-order valence-corrected chi connectivity index (χ4v) is 9.03. The minimum absolute atomic E-state index is 0.241. The molecule has 0 fully saturated rings. The molecule has 406 valence electrons. The quantitative estimate of drug-likeness (QED) is 0.0320. The first-order valence-electron chi connectivity index (χ1n) is 29.3. The summed E-state index contributed by atoms with van der Waals surface area (Å²) in [7, 11) is 1.37. The molecule has 4 aromatic rings. The summed E-state index contributed by atoms with van der Waals surface area (Å²) < 4.78 is 43.0. The van der Waals surface area contributed by atoms with Crippen LogP contribution in [-0.2, 0) is 24.6 Å². The van der Waals surface area contributed by atoms with Crippen molar-refractivity contribution in [2.24, 2.45) is 0 Å². The topological polar surface area (TPSA) is 81.7 Å². The van der Waals surface area contributed by atoms with Gasteiger partial charge in [0.05, 0.1) is 32.5 Å². The van der Waals surface area contributed by atoms with E-state index in [2.05, 4.69) is 20.8 Å². The number of hydrogen-bond acceptors (Lipinski definition) is 8. The molecule has 0 spiro atoms. The normalized spacial score (nSPS) is 11.1. The number of methoxy groups -OCH3 is 1. The van der Waals surface area contributed by atoms with E-state index in [1.165, 1.54) is 180 Å². The molecule has 0 aliphatic heterocycles. The van der Waals surface area contributed by atoms with Gasteiger partial charge in [0.25, 0.3) is 0 Å². The Hall–Kier alpha value is -4.85. The summed E-state index contributed by atoms with van der Waals surface area (Å²) in [6.45, 7) is 9.68. The second-order valence-corrected chi connectivity index (χ2v) is 20.2. The lowest BCUT2D eigenvalue weighted by molar-refractivity contribution is 0.0599. The van der Waals surface area contributed by atoms with E-state index in [1.807, 2.05) is 72.8 Å². The predicted octanol–water partition coefficient (Wildman–Crippen LogP) is 19.1. The molecule has 0 atom stereocenters. The number of ether oxygens (including phenoxy) is 7. The summed E-state index contributed by atoms with van der Waals surface area (Å²) in [4.78, 5) is 13.1. The van der Waals surface area contributed by atoms with Crippen molar-refractivity contribution in [3.8, 4) is 34.5 Å². The molecule has 8 heteroatoms. The van der Waals surface area contributed by atoms with Crippen molar-refractivity contribution in [3.05, 3.63) is 107 Å². The molecule has 0 saturated heterocycles. The maximum atomic E-state index is 13.1. The van der Waals surface area contributed by atoms with Gasteiger partial charge in [0.1, 0.15) is 37.1 Å². The largest absolute Gasteiger partial charge is 0.494 e. The van der Waals surface area contributed by atoms with Crippen LogP contribution in [0.3, 0.4) is 0 Å². The number of hydrogen-bond donors (Lipinski definition) is 0. The van der Waals surface area contributed by atoms with Gasteiger partial charge in [0.15, 0.2) is 11.5 Å². The van der Waals surface area contributed by atoms with Crippen molar-refractivity contribution in [2.45, 2.75) is 233 Å². The van der Waals surface area contributed by atoms with Gasteiger partial charge in [0, 0.05) is 0 Å². The summed E-state index contributed by atoms with van der Waals surface area (Å²) in [6, 6.07) is 27.4. The predicted molar refractivity (Wildman–Crippen MR) is 302 cm³/mol. The highest BCUT2D eigenvalue weighted by Gasteiger charge is 2.20. The molecule has 0 radical (unpaired) electrons. The number of carbonyl (C=O) groups excluding carboxylic acids is 1. The second kappa shape index (κ2) is 40.5. The summed E-state index contributed by atoms with van der Waals surface area (Å²) in [6.07, 6.45) is 38.9. The lowest BCUT2D eigenvalue weighted by Crippen LogP contribution is -2.08. The zero-order valence-electron chi connectivity index (χ0n) is 46.3. The lowest BCUT2D eigenvalue weighted by Gasteiger charge is -2.19. The first-order valence-corrected chi connectivity index (χ1v) is 29.3. The SMILES string of the molecule is CCCCCCCCCCCCOc1ccc(COc2cc(C(=O)OC)cc(OCc3ccc(OCCCCCCCCCCCC)cc3)c2OCc2ccc(OCCCCCCCCCCCC)cc2)cc1. The van der Waals surface area contributed by atoms with Crippen molar-refractivity contribution in [1.82, 2.24) is 0 Å². The highest BCUT2D eigenvalue weighted by Crippen LogP contribution is 2.41. The summed E-state index contributed by atoms with van der Waals surface area (Å²) >= 11 is 0. The summed E-state index contributed by atoms with van der Waals surface area (Å²) in [5.74, 6) is 3.20. The fraction of sp³-hybridized carbons (Fsp3) is 0.615. The highest BCUT2D eigenvalue weighted by molar-refractivity contribution is 5.91. The first-order chi connectivity index (χ1) is 36.0. The van der Waals surface area contributed by atoms with Crippen LogP contribution in [0.1, 0.15) is 240 Å². The standard InChI is InChI=1S/C65H98O8/c1-5-8-11-14-17-20-23-26-29-32-47-68-59-41-35-55(36-42-59)52-71-62-50-58(65(66)67-4)51-63(72-53-56-37-43-60(44-38-56)69-48-33-30-27-24-21-18-15-12-9-6-2)64(62)73-54-57-39-45-61(46-40-57)70-49-34-31-28-25-22-19-16-13-10-7-3/h35-46,50-51H,5-34,47-49,52-54H2,1-4H3. The van der Waals surface area contributed by atoms with E-state index in [0.717, 1.165) is 53.2 Å². The van der Waals surface area contributed by atoms with Crippen molar-refractivity contribution >= 4 is 5.97 Å². The van der Waals surface area contributed by atoms with Gasteiger partial charge < -0.3 is 33.2 Å². The van der Waals surface area contributed by atoms with Crippen molar-refractivity contribution in [1.29, 1.82) is 0 Å². The molecule has 0 aliphatic rings.